The number of hydrogen-bond acceptors (Lipinski definition) is 2. The number of aromatic nitrogens is 3. The highest BCUT2D eigenvalue weighted by atomic mass is 35.5. The largest absolute Gasteiger partial charge is 0.263 e. The first-order chi connectivity index (χ1) is 5.40. The van der Waals surface area contributed by atoms with Crippen molar-refractivity contribution >= 4 is 11.6 Å². The van der Waals surface area contributed by atoms with Gasteiger partial charge in [-0.1, -0.05) is 0 Å². The molecule has 11 heavy (non-hydrogen) atoms. The molecule has 0 amide bonds. The molecule has 1 aromatic rings. The molecule has 1 aromatic heterocycles. The van der Waals surface area contributed by atoms with Gasteiger partial charge in [-0.3, -0.25) is 5.10 Å². The van der Waals surface area contributed by atoms with E-state index in [1.165, 1.54) is 12.8 Å². The van der Waals surface area contributed by atoms with Crippen LogP contribution in [0.3, 0.4) is 0 Å². The van der Waals surface area contributed by atoms with Crippen LogP contribution in [0.15, 0.2) is 0 Å². The van der Waals surface area contributed by atoms with E-state index in [0.717, 1.165) is 18.1 Å². The Morgan fingerprint density at radius 2 is 2.36 bits per heavy atom. The van der Waals surface area contributed by atoms with Gasteiger partial charge in [0, 0.05) is 18.2 Å². The average molecular weight is 172 g/mol. The summed E-state index contributed by atoms with van der Waals surface area (Å²) in [6, 6.07) is 0. The van der Waals surface area contributed by atoms with Crippen molar-refractivity contribution in [3.8, 4) is 0 Å². The van der Waals surface area contributed by atoms with Crippen molar-refractivity contribution in [1.82, 2.24) is 15.2 Å². The molecule has 0 bridgehead atoms. The minimum absolute atomic E-state index is 0.610. The molecule has 1 saturated carbocycles. The molecule has 3 nitrogen and oxygen atoms in total. The van der Waals surface area contributed by atoms with Crippen molar-refractivity contribution in [2.45, 2.75) is 25.2 Å². The SMILES string of the molecule is ClCCc1nc(C2CC2)n[nH]1. The van der Waals surface area contributed by atoms with E-state index in [4.69, 9.17) is 11.6 Å². The van der Waals surface area contributed by atoms with Gasteiger partial charge in [-0.15, -0.1) is 11.6 Å². The Bertz CT molecular complexity index is 242. The number of halogens is 1. The van der Waals surface area contributed by atoms with Crippen LogP contribution in [0.5, 0.6) is 0 Å². The Labute approximate surface area is 70.2 Å². The molecule has 2 rings (SSSR count). The van der Waals surface area contributed by atoms with Gasteiger partial charge in [-0.25, -0.2) is 4.98 Å². The maximum atomic E-state index is 5.55. The van der Waals surface area contributed by atoms with Gasteiger partial charge in [0.1, 0.15) is 5.82 Å². The van der Waals surface area contributed by atoms with Crippen molar-refractivity contribution in [2.75, 3.05) is 5.88 Å². The molecule has 0 atom stereocenters. The summed E-state index contributed by atoms with van der Waals surface area (Å²) in [5.74, 6) is 3.14. The van der Waals surface area contributed by atoms with Gasteiger partial charge in [-0.2, -0.15) is 5.10 Å². The Hall–Kier alpha value is -0.570. The number of rotatable bonds is 3. The van der Waals surface area contributed by atoms with Gasteiger partial charge in [0.05, 0.1) is 0 Å². The number of H-pyrrole nitrogens is 1. The third kappa shape index (κ3) is 1.53. The molecule has 0 aromatic carbocycles. The molecule has 0 radical (unpaired) electrons. The lowest BCUT2D eigenvalue weighted by molar-refractivity contribution is 0.930. The summed E-state index contributed by atoms with van der Waals surface area (Å²) in [5, 5.41) is 6.98. The van der Waals surface area contributed by atoms with Crippen molar-refractivity contribution < 1.29 is 0 Å². The zero-order chi connectivity index (χ0) is 7.68. The molecule has 0 unspecified atom stereocenters. The first kappa shape index (κ1) is 7.10. The van der Waals surface area contributed by atoms with Crippen LogP contribution in [-0.4, -0.2) is 21.1 Å². The lowest BCUT2D eigenvalue weighted by atomic mass is 10.4. The van der Waals surface area contributed by atoms with Crippen molar-refractivity contribution in [2.24, 2.45) is 0 Å². The van der Waals surface area contributed by atoms with Gasteiger partial charge in [0.2, 0.25) is 0 Å². The molecule has 0 saturated heterocycles. The fourth-order valence-corrected chi connectivity index (χ4v) is 1.21. The third-order valence-electron chi connectivity index (χ3n) is 1.82. The molecular weight excluding hydrogens is 162 g/mol. The van der Waals surface area contributed by atoms with E-state index in [1.807, 2.05) is 0 Å². The summed E-state index contributed by atoms with van der Waals surface area (Å²) in [6.45, 7) is 0. The number of aryl methyl sites for hydroxylation is 1. The van der Waals surface area contributed by atoms with E-state index in [1.54, 1.807) is 0 Å². The lowest BCUT2D eigenvalue weighted by Crippen LogP contribution is -1.88. The molecule has 60 valence electrons. The Morgan fingerprint density at radius 3 is 3.00 bits per heavy atom. The Morgan fingerprint density at radius 1 is 1.55 bits per heavy atom. The minimum atomic E-state index is 0.610. The second-order valence-electron chi connectivity index (χ2n) is 2.85. The van der Waals surface area contributed by atoms with Crippen molar-refractivity contribution in [1.29, 1.82) is 0 Å². The number of hydrogen-bond donors (Lipinski definition) is 1. The summed E-state index contributed by atoms with van der Waals surface area (Å²) in [7, 11) is 0. The maximum absolute atomic E-state index is 5.55. The second kappa shape index (κ2) is 2.81. The Kier molecular flexibility index (Phi) is 1.82. The topological polar surface area (TPSA) is 41.6 Å². The fraction of sp³-hybridized carbons (Fsp3) is 0.714. The molecule has 1 aliphatic rings. The van der Waals surface area contributed by atoms with Crippen LogP contribution in [0.1, 0.15) is 30.4 Å². The monoisotopic (exact) mass is 171 g/mol. The normalized spacial score (nSPS) is 17.2. The van der Waals surface area contributed by atoms with E-state index in [2.05, 4.69) is 15.2 Å². The number of nitrogens with zero attached hydrogens (tertiary/aromatic N) is 2. The lowest BCUT2D eigenvalue weighted by Gasteiger charge is -1.85. The third-order valence-corrected chi connectivity index (χ3v) is 2.01. The van der Waals surface area contributed by atoms with Crippen LogP contribution >= 0.6 is 11.6 Å². The van der Waals surface area contributed by atoms with Gasteiger partial charge < -0.3 is 0 Å². The quantitative estimate of drug-likeness (QED) is 0.700. The zero-order valence-corrected chi connectivity index (χ0v) is 6.93. The van der Waals surface area contributed by atoms with Crippen LogP contribution in [0, 0.1) is 0 Å². The second-order valence-corrected chi connectivity index (χ2v) is 3.23. The summed E-state index contributed by atoms with van der Waals surface area (Å²) < 4.78 is 0. The zero-order valence-electron chi connectivity index (χ0n) is 6.18. The Balaban J connectivity index is 2.06. The van der Waals surface area contributed by atoms with Crippen LogP contribution in [-0.2, 0) is 6.42 Å². The van der Waals surface area contributed by atoms with Gasteiger partial charge in [0.25, 0.3) is 0 Å². The number of alkyl halides is 1. The smallest absolute Gasteiger partial charge is 0.153 e. The predicted molar refractivity (Wildman–Crippen MR) is 42.8 cm³/mol. The average Bonchev–Trinajstić information content (AvgIpc) is 2.75. The summed E-state index contributed by atoms with van der Waals surface area (Å²) in [5.41, 5.74) is 0. The molecular formula is C7H10ClN3. The highest BCUT2D eigenvalue weighted by Crippen LogP contribution is 2.37. The number of nitrogens with one attached hydrogen (secondary N) is 1. The van der Waals surface area contributed by atoms with Crippen molar-refractivity contribution in [3.63, 3.8) is 0 Å². The summed E-state index contributed by atoms with van der Waals surface area (Å²) >= 11 is 5.55. The first-order valence-electron chi connectivity index (χ1n) is 3.87. The van der Waals surface area contributed by atoms with E-state index < -0.39 is 0 Å². The maximum Gasteiger partial charge on any atom is 0.153 e. The minimum Gasteiger partial charge on any atom is -0.263 e. The fourth-order valence-electron chi connectivity index (χ4n) is 1.04. The first-order valence-corrected chi connectivity index (χ1v) is 4.40. The summed E-state index contributed by atoms with van der Waals surface area (Å²) in [6.07, 6.45) is 3.29. The highest BCUT2D eigenvalue weighted by Gasteiger charge is 2.27. The molecule has 1 heterocycles. The van der Waals surface area contributed by atoms with Crippen molar-refractivity contribution in [3.05, 3.63) is 11.6 Å². The predicted octanol–water partition coefficient (Wildman–Crippen LogP) is 1.46. The van der Waals surface area contributed by atoms with Gasteiger partial charge in [-0.05, 0) is 12.8 Å². The summed E-state index contributed by atoms with van der Waals surface area (Å²) in [4.78, 5) is 4.31. The van der Waals surface area contributed by atoms with E-state index in [0.29, 0.717) is 11.8 Å². The molecule has 0 spiro atoms. The molecule has 1 N–H and O–H groups in total. The number of aromatic amines is 1. The van der Waals surface area contributed by atoms with Crippen LogP contribution in [0.4, 0.5) is 0 Å². The molecule has 1 fully saturated rings. The van der Waals surface area contributed by atoms with E-state index in [9.17, 15) is 0 Å². The highest BCUT2D eigenvalue weighted by molar-refractivity contribution is 6.17. The standard InChI is InChI=1S/C7H10ClN3/c8-4-3-6-9-7(11-10-6)5-1-2-5/h5H,1-4H2,(H,9,10,11). The molecule has 0 aliphatic heterocycles. The van der Waals surface area contributed by atoms with Gasteiger partial charge in [0.15, 0.2) is 5.82 Å². The molecule has 1 aliphatic carbocycles. The van der Waals surface area contributed by atoms with Crippen LogP contribution < -0.4 is 0 Å². The van der Waals surface area contributed by atoms with Crippen LogP contribution in [0.25, 0.3) is 0 Å². The van der Waals surface area contributed by atoms with Crippen LogP contribution in [0.2, 0.25) is 0 Å². The van der Waals surface area contributed by atoms with E-state index >= 15 is 0 Å². The van der Waals surface area contributed by atoms with E-state index in [-0.39, 0.29) is 0 Å². The molecule has 4 heteroatoms. The van der Waals surface area contributed by atoms with Gasteiger partial charge >= 0.3 is 0 Å².